The Hall–Kier alpha value is -1.36. The fourth-order valence-corrected chi connectivity index (χ4v) is 1.47. The predicted octanol–water partition coefficient (Wildman–Crippen LogP) is 2.83. The first-order valence-corrected chi connectivity index (χ1v) is 4.62. The first-order chi connectivity index (χ1) is 6.66. The molecule has 0 spiro atoms. The van der Waals surface area contributed by atoms with Crippen LogP contribution >= 0.6 is 15.9 Å². The van der Waals surface area contributed by atoms with Crippen LogP contribution in [0.2, 0.25) is 0 Å². The van der Waals surface area contributed by atoms with E-state index in [2.05, 4.69) is 20.9 Å². The lowest BCUT2D eigenvalue weighted by Crippen LogP contribution is -1.86. The minimum atomic E-state index is -0.360. The highest BCUT2D eigenvalue weighted by atomic mass is 79.9. The lowest BCUT2D eigenvalue weighted by molar-refractivity contribution is 0.580. The van der Waals surface area contributed by atoms with E-state index in [9.17, 15) is 4.39 Å². The Morgan fingerprint density at radius 1 is 1.43 bits per heavy atom. The van der Waals surface area contributed by atoms with Crippen LogP contribution in [0.4, 0.5) is 10.4 Å². The smallest absolute Gasteiger partial charge is 0.292 e. The lowest BCUT2D eigenvalue weighted by Gasteiger charge is -1.98. The highest BCUT2D eigenvalue weighted by molar-refractivity contribution is 9.10. The summed E-state index contributed by atoms with van der Waals surface area (Å²) in [6, 6.07) is 4.61. The van der Waals surface area contributed by atoms with Crippen LogP contribution in [0.15, 0.2) is 33.4 Å². The molecule has 1 aromatic heterocycles. The molecule has 0 aliphatic rings. The van der Waals surface area contributed by atoms with E-state index in [1.165, 1.54) is 12.3 Å². The monoisotopic (exact) mass is 256 g/mol. The maximum Gasteiger partial charge on any atom is 0.292 e. The number of nitrogen functional groups attached to an aromatic ring is 1. The molecule has 0 amide bonds. The molecule has 2 N–H and O–H groups in total. The van der Waals surface area contributed by atoms with E-state index in [1.54, 1.807) is 12.1 Å². The van der Waals surface area contributed by atoms with Gasteiger partial charge in [0.2, 0.25) is 0 Å². The number of nitrogens with two attached hydrogens (primary N) is 1. The van der Waals surface area contributed by atoms with Crippen molar-refractivity contribution in [1.29, 1.82) is 0 Å². The summed E-state index contributed by atoms with van der Waals surface area (Å²) in [4.78, 5) is 3.83. The molecule has 0 fully saturated rings. The molecule has 0 radical (unpaired) electrons. The van der Waals surface area contributed by atoms with Crippen molar-refractivity contribution in [3.8, 4) is 11.3 Å². The van der Waals surface area contributed by atoms with E-state index in [1.807, 2.05) is 0 Å². The van der Waals surface area contributed by atoms with Crippen LogP contribution < -0.4 is 5.73 Å². The molecule has 0 bridgehead atoms. The fraction of sp³-hybridized carbons (Fsp3) is 0. The molecule has 2 rings (SSSR count). The second kappa shape index (κ2) is 3.42. The van der Waals surface area contributed by atoms with Gasteiger partial charge in [0, 0.05) is 10.0 Å². The van der Waals surface area contributed by atoms with Crippen LogP contribution in [-0.2, 0) is 0 Å². The van der Waals surface area contributed by atoms with Gasteiger partial charge in [0.15, 0.2) is 0 Å². The number of rotatable bonds is 1. The summed E-state index contributed by atoms with van der Waals surface area (Å²) in [6.07, 6.45) is 1.32. The number of hydrogen-bond donors (Lipinski definition) is 1. The van der Waals surface area contributed by atoms with Gasteiger partial charge in [0.1, 0.15) is 17.8 Å². The molecule has 0 atom stereocenters. The Labute approximate surface area is 87.9 Å². The van der Waals surface area contributed by atoms with Crippen molar-refractivity contribution < 1.29 is 8.81 Å². The first kappa shape index (κ1) is 9.21. The minimum absolute atomic E-state index is 0.0272. The zero-order valence-electron chi connectivity index (χ0n) is 7.00. The third-order valence-corrected chi connectivity index (χ3v) is 2.22. The zero-order chi connectivity index (χ0) is 10.1. The third kappa shape index (κ3) is 1.63. The average molecular weight is 257 g/mol. The Balaban J connectivity index is 2.55. The number of anilines is 1. The quantitative estimate of drug-likeness (QED) is 0.854. The largest absolute Gasteiger partial charge is 0.432 e. The summed E-state index contributed by atoms with van der Waals surface area (Å²) >= 11 is 3.24. The molecule has 0 saturated heterocycles. The van der Waals surface area contributed by atoms with Crippen LogP contribution in [-0.4, -0.2) is 4.98 Å². The number of benzene rings is 1. The second-order valence-corrected chi connectivity index (χ2v) is 3.61. The summed E-state index contributed by atoms with van der Waals surface area (Å²) in [5, 5.41) is 0. The maximum absolute atomic E-state index is 13.3. The zero-order valence-corrected chi connectivity index (χ0v) is 8.58. The van der Waals surface area contributed by atoms with E-state index >= 15 is 0 Å². The second-order valence-electron chi connectivity index (χ2n) is 2.70. The van der Waals surface area contributed by atoms with E-state index in [4.69, 9.17) is 10.2 Å². The molecule has 0 saturated carbocycles. The molecular formula is C9H6BrFN2O. The van der Waals surface area contributed by atoms with Gasteiger partial charge < -0.3 is 10.2 Å². The Bertz CT molecular complexity index is 470. The molecule has 3 nitrogen and oxygen atoms in total. The summed E-state index contributed by atoms with van der Waals surface area (Å²) < 4.78 is 18.9. The van der Waals surface area contributed by atoms with E-state index in [-0.39, 0.29) is 11.8 Å². The van der Waals surface area contributed by atoms with Gasteiger partial charge in [0.05, 0.1) is 0 Å². The molecule has 1 aromatic carbocycles. The number of nitrogens with zero attached hydrogens (tertiary/aromatic N) is 1. The lowest BCUT2D eigenvalue weighted by atomic mass is 10.1. The molecule has 5 heteroatoms. The SMILES string of the molecule is Nc1nc(-c2cc(Br)ccc2F)co1. The van der Waals surface area contributed by atoms with Crippen molar-refractivity contribution in [1.82, 2.24) is 4.98 Å². The Kier molecular flexibility index (Phi) is 2.25. The Morgan fingerprint density at radius 2 is 2.21 bits per heavy atom. The minimum Gasteiger partial charge on any atom is -0.432 e. The topological polar surface area (TPSA) is 52.0 Å². The van der Waals surface area contributed by atoms with Crippen LogP contribution in [0.1, 0.15) is 0 Å². The summed E-state index contributed by atoms with van der Waals surface area (Å²) in [5.74, 6) is -0.360. The average Bonchev–Trinajstić information content (AvgIpc) is 2.56. The van der Waals surface area contributed by atoms with Gasteiger partial charge in [-0.15, -0.1) is 0 Å². The molecule has 0 unspecified atom stereocenters. The normalized spacial score (nSPS) is 10.4. The molecule has 0 aliphatic carbocycles. The number of oxazole rings is 1. The Morgan fingerprint density at radius 3 is 2.86 bits per heavy atom. The predicted molar refractivity (Wildman–Crippen MR) is 54.0 cm³/mol. The summed E-state index contributed by atoms with van der Waals surface area (Å²) in [6.45, 7) is 0. The van der Waals surface area contributed by atoms with Crippen molar-refractivity contribution in [2.75, 3.05) is 5.73 Å². The molecule has 2 aromatic rings. The molecule has 1 heterocycles. The van der Waals surface area contributed by atoms with Crippen molar-refractivity contribution >= 4 is 21.9 Å². The van der Waals surface area contributed by atoms with Crippen molar-refractivity contribution in [2.24, 2.45) is 0 Å². The van der Waals surface area contributed by atoms with Gasteiger partial charge in [-0.05, 0) is 18.2 Å². The van der Waals surface area contributed by atoms with Crippen molar-refractivity contribution in [3.63, 3.8) is 0 Å². The van der Waals surface area contributed by atoms with E-state index in [0.717, 1.165) is 4.47 Å². The highest BCUT2D eigenvalue weighted by Gasteiger charge is 2.09. The van der Waals surface area contributed by atoms with Gasteiger partial charge in [-0.25, -0.2) is 4.39 Å². The maximum atomic E-state index is 13.3. The molecule has 0 aliphatic heterocycles. The molecule has 14 heavy (non-hydrogen) atoms. The number of hydrogen-bond acceptors (Lipinski definition) is 3. The standard InChI is InChI=1S/C9H6BrFN2O/c10-5-1-2-7(11)6(3-5)8-4-14-9(12)13-8/h1-4H,(H2,12,13). The van der Waals surface area contributed by atoms with Crippen molar-refractivity contribution in [2.45, 2.75) is 0 Å². The van der Waals surface area contributed by atoms with Gasteiger partial charge in [-0.1, -0.05) is 15.9 Å². The van der Waals surface area contributed by atoms with Crippen LogP contribution in [0, 0.1) is 5.82 Å². The first-order valence-electron chi connectivity index (χ1n) is 3.83. The molecular weight excluding hydrogens is 251 g/mol. The van der Waals surface area contributed by atoms with E-state index in [0.29, 0.717) is 11.3 Å². The number of aromatic nitrogens is 1. The third-order valence-electron chi connectivity index (χ3n) is 1.73. The van der Waals surface area contributed by atoms with Gasteiger partial charge in [-0.2, -0.15) is 4.98 Å². The van der Waals surface area contributed by atoms with Crippen LogP contribution in [0.3, 0.4) is 0 Å². The van der Waals surface area contributed by atoms with Crippen LogP contribution in [0.25, 0.3) is 11.3 Å². The van der Waals surface area contributed by atoms with Crippen molar-refractivity contribution in [3.05, 3.63) is 34.8 Å². The van der Waals surface area contributed by atoms with Gasteiger partial charge in [0.25, 0.3) is 6.01 Å². The van der Waals surface area contributed by atoms with Gasteiger partial charge in [-0.3, -0.25) is 0 Å². The number of halogens is 2. The fourth-order valence-electron chi connectivity index (χ4n) is 1.11. The summed E-state index contributed by atoms with van der Waals surface area (Å²) in [5.41, 5.74) is 6.04. The highest BCUT2D eigenvalue weighted by Crippen LogP contribution is 2.25. The summed E-state index contributed by atoms with van der Waals surface area (Å²) in [7, 11) is 0. The van der Waals surface area contributed by atoms with E-state index < -0.39 is 0 Å². The molecule has 72 valence electrons. The van der Waals surface area contributed by atoms with Crippen LogP contribution in [0.5, 0.6) is 0 Å². The van der Waals surface area contributed by atoms with Gasteiger partial charge >= 0.3 is 0 Å².